The van der Waals surface area contributed by atoms with Crippen LogP contribution < -0.4 is 5.32 Å². The van der Waals surface area contributed by atoms with Crippen molar-refractivity contribution in [1.29, 1.82) is 0 Å². The van der Waals surface area contributed by atoms with Gasteiger partial charge in [0.25, 0.3) is 0 Å². The second-order valence-corrected chi connectivity index (χ2v) is 3.00. The first kappa shape index (κ1) is 10.1. The minimum atomic E-state index is -0.257. The van der Waals surface area contributed by atoms with Gasteiger partial charge in [0.05, 0.1) is 6.67 Å². The van der Waals surface area contributed by atoms with Crippen LogP contribution in [0, 0.1) is 0 Å². The first-order valence-corrected chi connectivity index (χ1v) is 4.54. The molecule has 0 radical (unpaired) electrons. The zero-order chi connectivity index (χ0) is 9.52. The normalized spacial score (nSPS) is 12.8. The van der Waals surface area contributed by atoms with Crippen molar-refractivity contribution in [1.82, 2.24) is 10.3 Å². The van der Waals surface area contributed by atoms with Gasteiger partial charge in [0, 0.05) is 18.4 Å². The van der Waals surface area contributed by atoms with Crippen molar-refractivity contribution in [3.8, 4) is 0 Å². The van der Waals surface area contributed by atoms with Crippen LogP contribution in [0.5, 0.6) is 0 Å². The van der Waals surface area contributed by atoms with Gasteiger partial charge >= 0.3 is 0 Å². The molecule has 0 fully saturated rings. The fourth-order valence-corrected chi connectivity index (χ4v) is 1.14. The molecule has 0 saturated heterocycles. The van der Waals surface area contributed by atoms with Crippen LogP contribution >= 0.6 is 0 Å². The van der Waals surface area contributed by atoms with E-state index in [1.165, 1.54) is 0 Å². The lowest BCUT2D eigenvalue weighted by molar-refractivity contribution is 0.446. The van der Waals surface area contributed by atoms with Crippen LogP contribution in [0.25, 0.3) is 0 Å². The third-order valence-electron chi connectivity index (χ3n) is 1.95. The molecule has 13 heavy (non-hydrogen) atoms. The average Bonchev–Trinajstić information content (AvgIpc) is 2.19. The number of aromatic nitrogens is 1. The number of nitrogens with zero attached hydrogens (tertiary/aromatic N) is 1. The van der Waals surface area contributed by atoms with Gasteiger partial charge in [-0.3, -0.25) is 9.37 Å². The van der Waals surface area contributed by atoms with Gasteiger partial charge in [0.1, 0.15) is 0 Å². The van der Waals surface area contributed by atoms with Crippen molar-refractivity contribution in [2.45, 2.75) is 19.4 Å². The molecule has 0 aliphatic heterocycles. The monoisotopic (exact) mass is 182 g/mol. The lowest BCUT2D eigenvalue weighted by Gasteiger charge is -2.12. The summed E-state index contributed by atoms with van der Waals surface area (Å²) >= 11 is 0. The molecule has 0 unspecified atom stereocenters. The van der Waals surface area contributed by atoms with Crippen LogP contribution in [0.3, 0.4) is 0 Å². The van der Waals surface area contributed by atoms with E-state index in [-0.39, 0.29) is 12.7 Å². The summed E-state index contributed by atoms with van der Waals surface area (Å²) in [5, 5.41) is 3.22. The molecule has 2 nitrogen and oxygen atoms in total. The molecule has 0 bridgehead atoms. The fraction of sp³-hybridized carbons (Fsp3) is 0.500. The minimum Gasteiger partial charge on any atom is -0.310 e. The van der Waals surface area contributed by atoms with Crippen molar-refractivity contribution in [2.75, 3.05) is 13.2 Å². The van der Waals surface area contributed by atoms with Crippen LogP contribution in [0.15, 0.2) is 24.5 Å². The summed E-state index contributed by atoms with van der Waals surface area (Å²) in [7, 11) is 0. The van der Waals surface area contributed by atoms with E-state index in [0.29, 0.717) is 13.0 Å². The van der Waals surface area contributed by atoms with E-state index in [1.54, 1.807) is 6.20 Å². The van der Waals surface area contributed by atoms with Gasteiger partial charge in [-0.1, -0.05) is 6.07 Å². The number of pyridine rings is 1. The molecule has 0 amide bonds. The van der Waals surface area contributed by atoms with Crippen molar-refractivity contribution in [3.05, 3.63) is 30.1 Å². The molecule has 1 N–H and O–H groups in total. The Bertz CT molecular complexity index is 226. The minimum absolute atomic E-state index is 0.250. The summed E-state index contributed by atoms with van der Waals surface area (Å²) in [5.74, 6) is 0. The predicted octanol–water partition coefficient (Wildman–Crippen LogP) is 2.09. The highest BCUT2D eigenvalue weighted by molar-refractivity contribution is 5.12. The predicted molar refractivity (Wildman–Crippen MR) is 51.2 cm³/mol. The summed E-state index contributed by atoms with van der Waals surface area (Å²) < 4.78 is 11.8. The molecule has 1 atom stereocenters. The average molecular weight is 182 g/mol. The zero-order valence-electron chi connectivity index (χ0n) is 7.83. The molecule has 0 saturated carbocycles. The number of nitrogens with one attached hydrogen (secondary N) is 1. The molecule has 1 rings (SSSR count). The van der Waals surface area contributed by atoms with Crippen LogP contribution in [-0.2, 0) is 0 Å². The third kappa shape index (κ3) is 3.51. The summed E-state index contributed by atoms with van der Waals surface area (Å²) in [6.45, 7) is 2.51. The van der Waals surface area contributed by atoms with E-state index < -0.39 is 0 Å². The zero-order valence-corrected chi connectivity index (χ0v) is 7.83. The molecule has 0 aliphatic rings. The highest BCUT2D eigenvalue weighted by Crippen LogP contribution is 2.08. The number of rotatable bonds is 5. The smallest absolute Gasteiger partial charge is 0.0906 e. The third-order valence-corrected chi connectivity index (χ3v) is 1.95. The van der Waals surface area contributed by atoms with Gasteiger partial charge in [-0.25, -0.2) is 0 Å². The number of halogens is 1. The van der Waals surface area contributed by atoms with E-state index in [1.807, 2.05) is 18.3 Å². The first-order valence-electron chi connectivity index (χ1n) is 4.54. The Labute approximate surface area is 78.2 Å². The first-order chi connectivity index (χ1) is 6.34. The van der Waals surface area contributed by atoms with E-state index in [4.69, 9.17) is 0 Å². The summed E-state index contributed by atoms with van der Waals surface area (Å²) in [6, 6.07) is 4.17. The Hall–Kier alpha value is -0.960. The Balaban J connectivity index is 2.35. The Morgan fingerprint density at radius 2 is 2.46 bits per heavy atom. The van der Waals surface area contributed by atoms with Crippen LogP contribution in [0.1, 0.15) is 24.9 Å². The molecule has 72 valence electrons. The summed E-state index contributed by atoms with van der Waals surface area (Å²) in [5.41, 5.74) is 1.14. The molecule has 1 heterocycles. The van der Waals surface area contributed by atoms with E-state index >= 15 is 0 Å². The lowest BCUT2D eigenvalue weighted by Crippen LogP contribution is -2.20. The van der Waals surface area contributed by atoms with Gasteiger partial charge in [-0.2, -0.15) is 0 Å². The molecule has 1 aromatic rings. The lowest BCUT2D eigenvalue weighted by atomic mass is 10.1. The molecule has 0 aliphatic carbocycles. The number of alkyl halides is 1. The van der Waals surface area contributed by atoms with Gasteiger partial charge in [0.2, 0.25) is 0 Å². The maximum Gasteiger partial charge on any atom is 0.0906 e. The Morgan fingerprint density at radius 1 is 1.62 bits per heavy atom. The maximum atomic E-state index is 11.8. The van der Waals surface area contributed by atoms with Crippen molar-refractivity contribution >= 4 is 0 Å². The van der Waals surface area contributed by atoms with Gasteiger partial charge in [-0.15, -0.1) is 0 Å². The molecular weight excluding hydrogens is 167 g/mol. The van der Waals surface area contributed by atoms with Crippen LogP contribution in [0.2, 0.25) is 0 Å². The molecular formula is C10H15FN2. The highest BCUT2D eigenvalue weighted by atomic mass is 19.1. The van der Waals surface area contributed by atoms with Gasteiger partial charge < -0.3 is 5.32 Å². The fourth-order valence-electron chi connectivity index (χ4n) is 1.14. The Kier molecular flexibility index (Phi) is 4.40. The van der Waals surface area contributed by atoms with Gasteiger partial charge in [0.15, 0.2) is 0 Å². The topological polar surface area (TPSA) is 24.9 Å². The standard InChI is InChI=1S/C10H15FN2/c1-9(13-7-3-5-11)10-4-2-6-12-8-10/h2,4,6,8-9,13H,3,5,7H2,1H3/t9-/m1/s1. The summed E-state index contributed by atoms with van der Waals surface area (Å²) in [6.07, 6.45) is 4.15. The molecule has 0 aromatic carbocycles. The SMILES string of the molecule is C[C@@H](NCCCF)c1cccnc1. The van der Waals surface area contributed by atoms with Crippen LogP contribution in [-0.4, -0.2) is 18.2 Å². The van der Waals surface area contributed by atoms with E-state index in [9.17, 15) is 4.39 Å². The van der Waals surface area contributed by atoms with Gasteiger partial charge in [-0.05, 0) is 31.5 Å². The quantitative estimate of drug-likeness (QED) is 0.705. The van der Waals surface area contributed by atoms with E-state index in [2.05, 4.69) is 17.2 Å². The van der Waals surface area contributed by atoms with E-state index in [0.717, 1.165) is 5.56 Å². The van der Waals surface area contributed by atoms with Crippen LogP contribution in [0.4, 0.5) is 4.39 Å². The largest absolute Gasteiger partial charge is 0.310 e. The second kappa shape index (κ2) is 5.65. The van der Waals surface area contributed by atoms with Crippen molar-refractivity contribution < 1.29 is 4.39 Å². The molecule has 1 aromatic heterocycles. The molecule has 0 spiro atoms. The highest BCUT2D eigenvalue weighted by Gasteiger charge is 2.02. The summed E-state index contributed by atoms with van der Waals surface area (Å²) in [4.78, 5) is 4.02. The Morgan fingerprint density at radius 3 is 3.08 bits per heavy atom. The van der Waals surface area contributed by atoms with Crippen molar-refractivity contribution in [3.63, 3.8) is 0 Å². The maximum absolute atomic E-state index is 11.8. The number of hydrogen-bond donors (Lipinski definition) is 1. The van der Waals surface area contributed by atoms with Crippen molar-refractivity contribution in [2.24, 2.45) is 0 Å². The second-order valence-electron chi connectivity index (χ2n) is 3.00. The molecule has 3 heteroatoms. The number of hydrogen-bond acceptors (Lipinski definition) is 2.